The van der Waals surface area contributed by atoms with Gasteiger partial charge in [0.15, 0.2) is 0 Å². The summed E-state index contributed by atoms with van der Waals surface area (Å²) in [5.74, 6) is 0. The van der Waals surface area contributed by atoms with E-state index in [2.05, 4.69) is 15.5 Å². The number of hydrogen-bond donors (Lipinski definition) is 0. The van der Waals surface area contributed by atoms with Gasteiger partial charge in [0.1, 0.15) is 0 Å². The van der Waals surface area contributed by atoms with Gasteiger partial charge in [-0.25, -0.2) is 4.57 Å². The van der Waals surface area contributed by atoms with Crippen molar-refractivity contribution in [3.63, 3.8) is 0 Å². The Kier molecular flexibility index (Phi) is 4.72. The molecule has 7 nitrogen and oxygen atoms in total. The molecule has 0 aliphatic heterocycles. The van der Waals surface area contributed by atoms with Gasteiger partial charge in [-0.15, -0.1) is 9.55 Å². The average molecular weight is 252 g/mol. The van der Waals surface area contributed by atoms with Crippen molar-refractivity contribution in [2.75, 3.05) is 19.5 Å². The Hall–Kier alpha value is -0.430. The van der Waals surface area contributed by atoms with Gasteiger partial charge in [0.2, 0.25) is 5.16 Å². The second kappa shape index (κ2) is 5.60. The number of tetrazole rings is 1. The molecule has 1 rings (SSSR count). The largest absolute Gasteiger partial charge is 0.458 e. The van der Waals surface area contributed by atoms with Crippen molar-refractivity contribution in [1.82, 2.24) is 20.0 Å². The predicted octanol–water partition coefficient (Wildman–Crippen LogP) is 1.42. The van der Waals surface area contributed by atoms with E-state index in [-0.39, 0.29) is 13.2 Å². The van der Waals surface area contributed by atoms with E-state index in [4.69, 9.17) is 9.05 Å². The summed E-state index contributed by atoms with van der Waals surface area (Å²) in [7, 11) is -3.42. The minimum atomic E-state index is -3.42. The van der Waals surface area contributed by atoms with Crippen molar-refractivity contribution < 1.29 is 13.6 Å². The monoisotopic (exact) mass is 252 g/mol. The molecule has 0 unspecified atom stereocenters. The second-order valence-electron chi connectivity index (χ2n) is 2.36. The summed E-state index contributed by atoms with van der Waals surface area (Å²) >= 11 is 1.28. The van der Waals surface area contributed by atoms with E-state index in [0.717, 1.165) is 4.45 Å². The van der Waals surface area contributed by atoms with Gasteiger partial charge >= 0.3 is 7.75 Å². The molecular weight excluding hydrogens is 239 g/mol. The fourth-order valence-electron chi connectivity index (χ4n) is 0.924. The number of rotatable bonds is 6. The minimum absolute atomic E-state index is 0.269. The normalized spacial score (nSPS) is 11.9. The van der Waals surface area contributed by atoms with Crippen LogP contribution in [0.3, 0.4) is 0 Å². The highest BCUT2D eigenvalue weighted by Gasteiger charge is 2.31. The van der Waals surface area contributed by atoms with Gasteiger partial charge in [-0.2, -0.15) is 0 Å². The van der Waals surface area contributed by atoms with E-state index in [1.165, 1.54) is 11.8 Å². The Bertz CT molecular complexity index is 348. The van der Waals surface area contributed by atoms with Crippen molar-refractivity contribution in [2.45, 2.75) is 19.0 Å². The zero-order valence-electron chi connectivity index (χ0n) is 8.78. The van der Waals surface area contributed by atoms with Crippen LogP contribution < -0.4 is 0 Å². The zero-order chi connectivity index (χ0) is 11.3. The third kappa shape index (κ3) is 2.78. The molecule has 9 heteroatoms. The summed E-state index contributed by atoms with van der Waals surface area (Å²) < 4.78 is 23.5. The Balaban J connectivity index is 3.03. The molecule has 1 aromatic rings. The first kappa shape index (κ1) is 12.6. The van der Waals surface area contributed by atoms with Gasteiger partial charge in [-0.3, -0.25) is 9.05 Å². The predicted molar refractivity (Wildman–Crippen MR) is 55.9 cm³/mol. The van der Waals surface area contributed by atoms with Crippen molar-refractivity contribution in [3.8, 4) is 0 Å². The molecule has 0 saturated heterocycles. The Morgan fingerprint density at radius 3 is 2.47 bits per heavy atom. The molecule has 0 radical (unpaired) electrons. The lowest BCUT2D eigenvalue weighted by Crippen LogP contribution is -2.07. The highest BCUT2D eigenvalue weighted by Crippen LogP contribution is 2.50. The van der Waals surface area contributed by atoms with Crippen LogP contribution in [0.4, 0.5) is 0 Å². The molecule has 86 valence electrons. The van der Waals surface area contributed by atoms with Crippen LogP contribution in [-0.2, 0) is 13.6 Å². The van der Waals surface area contributed by atoms with Gasteiger partial charge in [-0.05, 0) is 30.5 Å². The van der Waals surface area contributed by atoms with Gasteiger partial charge in [0.25, 0.3) is 0 Å². The van der Waals surface area contributed by atoms with E-state index in [1.54, 1.807) is 20.1 Å². The fraction of sp³-hybridized carbons (Fsp3) is 0.833. The lowest BCUT2D eigenvalue weighted by Gasteiger charge is -2.15. The molecule has 0 aliphatic rings. The summed E-state index contributed by atoms with van der Waals surface area (Å²) in [4.78, 5) is 0. The zero-order valence-corrected chi connectivity index (χ0v) is 10.5. The summed E-state index contributed by atoms with van der Waals surface area (Å²) in [5, 5.41) is 11.2. The molecule has 0 saturated carbocycles. The molecule has 0 spiro atoms. The third-order valence-corrected chi connectivity index (χ3v) is 4.08. The van der Waals surface area contributed by atoms with E-state index in [0.29, 0.717) is 5.16 Å². The van der Waals surface area contributed by atoms with Crippen molar-refractivity contribution >= 4 is 19.5 Å². The summed E-state index contributed by atoms with van der Waals surface area (Å²) in [6.45, 7) is 4.00. The lowest BCUT2D eigenvalue weighted by atomic mass is 10.9. The van der Waals surface area contributed by atoms with Crippen molar-refractivity contribution in [3.05, 3.63) is 0 Å². The third-order valence-electron chi connectivity index (χ3n) is 1.43. The first-order chi connectivity index (χ1) is 7.18. The van der Waals surface area contributed by atoms with Gasteiger partial charge in [0.05, 0.1) is 13.2 Å². The minimum Gasteiger partial charge on any atom is -0.291 e. The molecule has 1 heterocycles. The Morgan fingerprint density at radius 2 is 2.00 bits per heavy atom. The van der Waals surface area contributed by atoms with Crippen molar-refractivity contribution in [2.24, 2.45) is 0 Å². The quantitative estimate of drug-likeness (QED) is 0.559. The first-order valence-electron chi connectivity index (χ1n) is 4.40. The smallest absolute Gasteiger partial charge is 0.291 e. The van der Waals surface area contributed by atoms with Crippen molar-refractivity contribution in [1.29, 1.82) is 0 Å². The lowest BCUT2D eigenvalue weighted by molar-refractivity contribution is 0.206. The van der Waals surface area contributed by atoms with Crippen LogP contribution >= 0.6 is 19.5 Å². The number of hydrogen-bond acceptors (Lipinski definition) is 7. The van der Waals surface area contributed by atoms with Gasteiger partial charge < -0.3 is 0 Å². The van der Waals surface area contributed by atoms with Crippen LogP contribution in [0.2, 0.25) is 0 Å². The topological polar surface area (TPSA) is 79.1 Å². The van der Waals surface area contributed by atoms with Crippen LogP contribution in [0.1, 0.15) is 13.8 Å². The molecule has 0 aliphatic carbocycles. The maximum Gasteiger partial charge on any atom is 0.458 e. The van der Waals surface area contributed by atoms with E-state index in [9.17, 15) is 4.57 Å². The number of aromatic nitrogens is 4. The van der Waals surface area contributed by atoms with Gasteiger partial charge in [-0.1, -0.05) is 11.8 Å². The molecule has 0 bridgehead atoms. The molecule has 0 N–H and O–H groups in total. The molecule has 1 aromatic heterocycles. The highest BCUT2D eigenvalue weighted by atomic mass is 32.2. The molecule has 0 aromatic carbocycles. The molecular formula is C6H13N4O3PS. The first-order valence-corrected chi connectivity index (χ1v) is 7.12. The Morgan fingerprint density at radius 1 is 1.40 bits per heavy atom. The second-order valence-corrected chi connectivity index (χ2v) is 4.96. The average Bonchev–Trinajstić information content (AvgIpc) is 2.66. The standard InChI is InChI=1S/C6H13N4O3PS/c1-4-12-14(11,13-5-2)10-6(15-3)7-8-9-10/h4-5H2,1-3H3. The number of nitrogens with zero attached hydrogens (tertiary/aromatic N) is 4. The fourth-order valence-corrected chi connectivity index (χ4v) is 3.12. The number of thioether (sulfide) groups is 1. The van der Waals surface area contributed by atoms with Gasteiger partial charge in [0, 0.05) is 0 Å². The Labute approximate surface area is 92.1 Å². The van der Waals surface area contributed by atoms with Crippen LogP contribution in [0.15, 0.2) is 5.16 Å². The highest BCUT2D eigenvalue weighted by molar-refractivity contribution is 7.98. The molecule has 0 atom stereocenters. The van der Waals surface area contributed by atoms with Crippen LogP contribution in [0.5, 0.6) is 0 Å². The maximum absolute atomic E-state index is 12.2. The van der Waals surface area contributed by atoms with E-state index in [1.807, 2.05) is 0 Å². The summed E-state index contributed by atoms with van der Waals surface area (Å²) in [6, 6.07) is 0. The summed E-state index contributed by atoms with van der Waals surface area (Å²) in [5.41, 5.74) is 0. The molecule has 0 fully saturated rings. The summed E-state index contributed by atoms with van der Waals surface area (Å²) in [6.07, 6.45) is 1.78. The van der Waals surface area contributed by atoms with Crippen LogP contribution in [0.25, 0.3) is 0 Å². The molecule has 15 heavy (non-hydrogen) atoms. The maximum atomic E-state index is 12.2. The molecule has 0 amide bonds. The van der Waals surface area contributed by atoms with E-state index >= 15 is 0 Å². The SMILES string of the molecule is CCOP(=O)(OCC)n1nnnc1SC. The van der Waals surface area contributed by atoms with E-state index < -0.39 is 7.75 Å². The van der Waals surface area contributed by atoms with Crippen LogP contribution in [-0.4, -0.2) is 39.4 Å². The van der Waals surface area contributed by atoms with Crippen LogP contribution in [0, 0.1) is 0 Å².